The van der Waals surface area contributed by atoms with Crippen molar-refractivity contribution in [3.05, 3.63) is 11.6 Å². The Hall–Kier alpha value is -0.830. The molecule has 3 nitrogen and oxygen atoms in total. The van der Waals surface area contributed by atoms with Gasteiger partial charge in [-0.25, -0.2) is 4.79 Å². The first-order valence-electron chi connectivity index (χ1n) is 5.44. The zero-order valence-electron chi connectivity index (χ0n) is 10.5. The van der Waals surface area contributed by atoms with Gasteiger partial charge in [-0.3, -0.25) is 0 Å². The number of methoxy groups -OCH3 is 1. The molecule has 0 rings (SSSR count). The summed E-state index contributed by atoms with van der Waals surface area (Å²) in [6.07, 6.45) is 1.86. The highest BCUT2D eigenvalue weighted by Gasteiger charge is 2.05. The molecule has 0 aliphatic rings. The van der Waals surface area contributed by atoms with Gasteiger partial charge in [-0.05, 0) is 25.3 Å². The molecule has 0 fully saturated rings. The number of carbonyl (C=O) groups excluding carboxylic acids is 1. The SMILES string of the molecule is COC(=O)C(C)=CCNCC(C)C(C)C. The van der Waals surface area contributed by atoms with Crippen molar-refractivity contribution in [1.29, 1.82) is 0 Å². The van der Waals surface area contributed by atoms with Crippen molar-refractivity contribution in [3.63, 3.8) is 0 Å². The molecule has 0 bridgehead atoms. The molecular weight excluding hydrogens is 190 g/mol. The van der Waals surface area contributed by atoms with E-state index in [9.17, 15) is 4.79 Å². The lowest BCUT2D eigenvalue weighted by atomic mass is 9.98. The number of nitrogens with one attached hydrogen (secondary N) is 1. The Morgan fingerprint density at radius 1 is 1.40 bits per heavy atom. The van der Waals surface area contributed by atoms with Gasteiger partial charge in [0, 0.05) is 12.1 Å². The summed E-state index contributed by atoms with van der Waals surface area (Å²) in [6.45, 7) is 10.1. The molecule has 0 saturated carbocycles. The lowest BCUT2D eigenvalue weighted by Crippen LogP contribution is -2.24. The maximum atomic E-state index is 11.0. The summed E-state index contributed by atoms with van der Waals surface area (Å²) in [6, 6.07) is 0. The van der Waals surface area contributed by atoms with Crippen LogP contribution in [0.4, 0.5) is 0 Å². The maximum Gasteiger partial charge on any atom is 0.333 e. The fourth-order valence-electron chi connectivity index (χ4n) is 1.02. The van der Waals surface area contributed by atoms with Gasteiger partial charge in [-0.15, -0.1) is 0 Å². The normalized spacial score (nSPS) is 14.1. The molecule has 0 radical (unpaired) electrons. The largest absolute Gasteiger partial charge is 0.466 e. The average Bonchev–Trinajstić information content (AvgIpc) is 2.22. The molecule has 1 N–H and O–H groups in total. The molecule has 15 heavy (non-hydrogen) atoms. The Balaban J connectivity index is 3.74. The molecule has 1 unspecified atom stereocenters. The first-order valence-corrected chi connectivity index (χ1v) is 5.44. The van der Waals surface area contributed by atoms with Crippen LogP contribution in [-0.4, -0.2) is 26.2 Å². The lowest BCUT2D eigenvalue weighted by Gasteiger charge is -2.15. The van der Waals surface area contributed by atoms with E-state index in [-0.39, 0.29) is 5.97 Å². The molecule has 0 saturated heterocycles. The fraction of sp³-hybridized carbons (Fsp3) is 0.750. The van der Waals surface area contributed by atoms with Crippen LogP contribution in [0.25, 0.3) is 0 Å². The van der Waals surface area contributed by atoms with Crippen LogP contribution >= 0.6 is 0 Å². The summed E-state index contributed by atoms with van der Waals surface area (Å²) in [4.78, 5) is 11.0. The molecule has 0 aliphatic heterocycles. The first-order chi connectivity index (χ1) is 6.99. The van der Waals surface area contributed by atoms with Gasteiger partial charge in [-0.1, -0.05) is 26.8 Å². The Kier molecular flexibility index (Phi) is 7.05. The van der Waals surface area contributed by atoms with Gasteiger partial charge in [0.15, 0.2) is 0 Å². The average molecular weight is 213 g/mol. The van der Waals surface area contributed by atoms with E-state index in [0.29, 0.717) is 17.4 Å². The Bertz CT molecular complexity index is 222. The number of hydrogen-bond acceptors (Lipinski definition) is 3. The summed E-state index contributed by atoms with van der Waals surface area (Å²) in [5.74, 6) is 1.08. The zero-order valence-corrected chi connectivity index (χ0v) is 10.5. The van der Waals surface area contributed by atoms with E-state index in [1.165, 1.54) is 7.11 Å². The molecule has 0 spiro atoms. The maximum absolute atomic E-state index is 11.0. The van der Waals surface area contributed by atoms with Crippen molar-refractivity contribution in [2.24, 2.45) is 11.8 Å². The molecular formula is C12H23NO2. The van der Waals surface area contributed by atoms with Gasteiger partial charge in [0.25, 0.3) is 0 Å². The minimum atomic E-state index is -0.256. The first kappa shape index (κ1) is 14.2. The van der Waals surface area contributed by atoms with E-state index in [1.54, 1.807) is 6.92 Å². The monoisotopic (exact) mass is 213 g/mol. The summed E-state index contributed by atoms with van der Waals surface area (Å²) >= 11 is 0. The van der Waals surface area contributed by atoms with E-state index in [0.717, 1.165) is 13.1 Å². The summed E-state index contributed by atoms with van der Waals surface area (Å²) in [5, 5.41) is 3.29. The number of ether oxygens (including phenoxy) is 1. The summed E-state index contributed by atoms with van der Waals surface area (Å²) in [5.41, 5.74) is 0.655. The topological polar surface area (TPSA) is 38.3 Å². The highest BCUT2D eigenvalue weighted by Crippen LogP contribution is 2.07. The van der Waals surface area contributed by atoms with Crippen LogP contribution in [0.3, 0.4) is 0 Å². The number of rotatable bonds is 6. The Morgan fingerprint density at radius 2 is 2.00 bits per heavy atom. The smallest absolute Gasteiger partial charge is 0.333 e. The molecule has 3 heteroatoms. The van der Waals surface area contributed by atoms with Gasteiger partial charge in [0.05, 0.1) is 7.11 Å². The number of carbonyl (C=O) groups is 1. The van der Waals surface area contributed by atoms with Crippen molar-refractivity contribution in [2.45, 2.75) is 27.7 Å². The highest BCUT2D eigenvalue weighted by molar-refractivity contribution is 5.87. The molecule has 0 aliphatic carbocycles. The van der Waals surface area contributed by atoms with Crippen LogP contribution in [0.15, 0.2) is 11.6 Å². The van der Waals surface area contributed by atoms with E-state index >= 15 is 0 Å². The second-order valence-corrected chi connectivity index (χ2v) is 4.26. The van der Waals surface area contributed by atoms with Crippen LogP contribution < -0.4 is 5.32 Å². The summed E-state index contributed by atoms with van der Waals surface area (Å²) in [7, 11) is 1.40. The van der Waals surface area contributed by atoms with Crippen molar-refractivity contribution in [3.8, 4) is 0 Å². The highest BCUT2D eigenvalue weighted by atomic mass is 16.5. The van der Waals surface area contributed by atoms with Crippen LogP contribution in [0.1, 0.15) is 27.7 Å². The fourth-order valence-corrected chi connectivity index (χ4v) is 1.02. The van der Waals surface area contributed by atoms with Crippen LogP contribution in [0.2, 0.25) is 0 Å². The second kappa shape index (κ2) is 7.46. The predicted molar refractivity (Wildman–Crippen MR) is 62.6 cm³/mol. The van der Waals surface area contributed by atoms with Gasteiger partial charge in [-0.2, -0.15) is 0 Å². The molecule has 1 atom stereocenters. The third-order valence-electron chi connectivity index (χ3n) is 2.66. The van der Waals surface area contributed by atoms with E-state index in [2.05, 4.69) is 30.8 Å². The van der Waals surface area contributed by atoms with Gasteiger partial charge in [0.2, 0.25) is 0 Å². The van der Waals surface area contributed by atoms with Gasteiger partial charge in [0.1, 0.15) is 0 Å². The Labute approximate surface area is 92.9 Å². The molecule has 88 valence electrons. The Morgan fingerprint density at radius 3 is 2.47 bits per heavy atom. The standard InChI is InChI=1S/C12H23NO2/c1-9(2)11(4)8-13-7-6-10(3)12(14)15-5/h6,9,11,13H,7-8H2,1-5H3. The third-order valence-corrected chi connectivity index (χ3v) is 2.66. The summed E-state index contributed by atoms with van der Waals surface area (Å²) < 4.78 is 4.59. The minimum absolute atomic E-state index is 0.256. The molecule has 0 aromatic rings. The number of hydrogen-bond donors (Lipinski definition) is 1. The molecule has 0 aromatic heterocycles. The van der Waals surface area contributed by atoms with Gasteiger partial charge < -0.3 is 10.1 Å². The quantitative estimate of drug-likeness (QED) is 0.416. The van der Waals surface area contributed by atoms with Crippen molar-refractivity contribution >= 4 is 5.97 Å². The third kappa shape index (κ3) is 6.28. The molecule has 0 aromatic carbocycles. The van der Waals surface area contributed by atoms with Crippen LogP contribution in [0, 0.1) is 11.8 Å². The molecule has 0 amide bonds. The minimum Gasteiger partial charge on any atom is -0.466 e. The molecule has 0 heterocycles. The van der Waals surface area contributed by atoms with Crippen LogP contribution in [-0.2, 0) is 9.53 Å². The van der Waals surface area contributed by atoms with E-state index in [1.807, 2.05) is 6.08 Å². The van der Waals surface area contributed by atoms with Crippen molar-refractivity contribution in [2.75, 3.05) is 20.2 Å². The van der Waals surface area contributed by atoms with Crippen LogP contribution in [0.5, 0.6) is 0 Å². The number of esters is 1. The predicted octanol–water partition coefficient (Wildman–Crippen LogP) is 1.99. The van der Waals surface area contributed by atoms with Gasteiger partial charge >= 0.3 is 5.97 Å². The second-order valence-electron chi connectivity index (χ2n) is 4.26. The zero-order chi connectivity index (χ0) is 11.8. The van der Waals surface area contributed by atoms with E-state index < -0.39 is 0 Å². The lowest BCUT2D eigenvalue weighted by molar-refractivity contribution is -0.136. The van der Waals surface area contributed by atoms with Crippen molar-refractivity contribution in [1.82, 2.24) is 5.32 Å². The van der Waals surface area contributed by atoms with E-state index in [4.69, 9.17) is 0 Å². The van der Waals surface area contributed by atoms with Crippen molar-refractivity contribution < 1.29 is 9.53 Å².